The molecule has 0 amide bonds. The Morgan fingerprint density at radius 3 is 2.58 bits per heavy atom. The van der Waals surface area contributed by atoms with Crippen molar-refractivity contribution in [3.05, 3.63) is 95.6 Å². The average Bonchev–Trinajstić information content (AvgIpc) is 3.31. The molecule has 1 aliphatic heterocycles. The molecule has 0 radical (unpaired) electrons. The minimum atomic E-state index is -4.17. The Bertz CT molecular complexity index is 1540. The van der Waals surface area contributed by atoms with Crippen molar-refractivity contribution in [2.45, 2.75) is 18.4 Å². The maximum Gasteiger partial charge on any atom is 0.339 e. The Hall–Kier alpha value is -3.91. The van der Waals surface area contributed by atoms with E-state index in [1.807, 2.05) is 37.4 Å². The molecule has 4 aromatic rings. The van der Waals surface area contributed by atoms with Crippen LogP contribution in [0.25, 0.3) is 17.0 Å². The lowest BCUT2D eigenvalue weighted by molar-refractivity contribution is 0.101. The first-order valence-electron chi connectivity index (χ1n) is 10.2. The lowest BCUT2D eigenvalue weighted by Gasteiger charge is -2.07. The van der Waals surface area contributed by atoms with E-state index >= 15 is 0 Å². The lowest BCUT2D eigenvalue weighted by atomic mass is 10.1. The number of ether oxygens (including phenoxy) is 1. The fourth-order valence-corrected chi connectivity index (χ4v) is 4.71. The van der Waals surface area contributed by atoms with E-state index in [9.17, 15) is 17.6 Å². The molecule has 0 aliphatic carbocycles. The maximum absolute atomic E-state index is 13.1. The van der Waals surface area contributed by atoms with Crippen molar-refractivity contribution in [3.63, 3.8) is 0 Å². The van der Waals surface area contributed by atoms with Gasteiger partial charge in [-0.25, -0.2) is 4.39 Å². The molecule has 0 fully saturated rings. The second kappa shape index (κ2) is 7.90. The number of carbonyl (C=O) groups is 1. The van der Waals surface area contributed by atoms with Crippen LogP contribution < -0.4 is 8.92 Å². The van der Waals surface area contributed by atoms with Crippen molar-refractivity contribution in [1.29, 1.82) is 0 Å². The van der Waals surface area contributed by atoms with Crippen molar-refractivity contribution >= 4 is 32.9 Å². The molecule has 0 N–H and O–H groups in total. The predicted molar refractivity (Wildman–Crippen MR) is 121 cm³/mol. The van der Waals surface area contributed by atoms with Gasteiger partial charge in [0, 0.05) is 35.3 Å². The number of carbonyl (C=O) groups excluding carboxylic acids is 1. The van der Waals surface area contributed by atoms with Gasteiger partial charge >= 0.3 is 10.1 Å². The standard InChI is InChI=1S/C25H18FNO5S/c1-2-27-15-16(20-5-3-4-6-22(20)27)13-24-25(28)21-12-9-18(14-23(21)31-24)32-33(29,30)19-10-7-17(26)8-11-19/h3-15H,2H2,1H3/b24-13+. The van der Waals surface area contributed by atoms with Gasteiger partial charge in [-0.15, -0.1) is 0 Å². The smallest absolute Gasteiger partial charge is 0.339 e. The number of para-hydroxylation sites is 1. The van der Waals surface area contributed by atoms with Gasteiger partial charge in [0.1, 0.15) is 22.2 Å². The van der Waals surface area contributed by atoms with Gasteiger partial charge in [0.05, 0.1) is 5.56 Å². The number of hydrogen-bond donors (Lipinski definition) is 0. The zero-order valence-electron chi connectivity index (χ0n) is 17.5. The molecule has 0 saturated carbocycles. The van der Waals surface area contributed by atoms with Crippen LogP contribution in [0.3, 0.4) is 0 Å². The Labute approximate surface area is 189 Å². The van der Waals surface area contributed by atoms with E-state index in [2.05, 4.69) is 4.57 Å². The summed E-state index contributed by atoms with van der Waals surface area (Å²) in [6.07, 6.45) is 3.65. The molecular formula is C25H18FNO5S. The molecule has 0 spiro atoms. The summed E-state index contributed by atoms with van der Waals surface area (Å²) in [5.41, 5.74) is 2.21. The third-order valence-electron chi connectivity index (χ3n) is 5.40. The number of halogens is 1. The zero-order chi connectivity index (χ0) is 23.2. The summed E-state index contributed by atoms with van der Waals surface area (Å²) in [6, 6.07) is 16.4. The number of rotatable bonds is 5. The van der Waals surface area contributed by atoms with E-state index in [0.29, 0.717) is 5.56 Å². The van der Waals surface area contributed by atoms with Gasteiger partial charge in [0.15, 0.2) is 5.76 Å². The quantitative estimate of drug-likeness (QED) is 0.301. The summed E-state index contributed by atoms with van der Waals surface area (Å²) in [5.74, 6) is -0.527. The number of aryl methyl sites for hydroxylation is 1. The largest absolute Gasteiger partial charge is 0.452 e. The van der Waals surface area contributed by atoms with Crippen LogP contribution in [0.5, 0.6) is 11.5 Å². The van der Waals surface area contributed by atoms with Crippen LogP contribution in [-0.4, -0.2) is 18.8 Å². The number of fused-ring (bicyclic) bond motifs is 2. The number of hydrogen-bond acceptors (Lipinski definition) is 5. The Balaban J connectivity index is 1.45. The van der Waals surface area contributed by atoms with Crippen LogP contribution in [0.1, 0.15) is 22.8 Å². The Morgan fingerprint density at radius 2 is 1.82 bits per heavy atom. The number of ketones is 1. The van der Waals surface area contributed by atoms with Gasteiger partial charge in [0.2, 0.25) is 5.78 Å². The van der Waals surface area contributed by atoms with Crippen molar-refractivity contribution in [2.24, 2.45) is 0 Å². The third-order valence-corrected chi connectivity index (χ3v) is 6.66. The van der Waals surface area contributed by atoms with Gasteiger partial charge in [0.25, 0.3) is 0 Å². The minimum absolute atomic E-state index is 0.0188. The molecule has 3 aromatic carbocycles. The highest BCUT2D eigenvalue weighted by Gasteiger charge is 2.29. The third kappa shape index (κ3) is 3.78. The first-order valence-corrected chi connectivity index (χ1v) is 11.6. The first kappa shape index (κ1) is 21.0. The number of benzene rings is 3. The van der Waals surface area contributed by atoms with Gasteiger partial charge in [-0.2, -0.15) is 8.42 Å². The number of allylic oxidation sites excluding steroid dienone is 1. The Kier molecular flexibility index (Phi) is 5.02. The average molecular weight is 463 g/mol. The van der Waals surface area contributed by atoms with Crippen LogP contribution in [0.15, 0.2) is 83.6 Å². The highest BCUT2D eigenvalue weighted by Crippen LogP contribution is 2.36. The molecule has 0 saturated heterocycles. The second-order valence-electron chi connectivity index (χ2n) is 7.48. The molecule has 0 atom stereocenters. The number of nitrogens with zero attached hydrogens (tertiary/aromatic N) is 1. The fraction of sp³-hybridized carbons (Fsp3) is 0.0800. The van der Waals surface area contributed by atoms with Crippen molar-refractivity contribution < 1.29 is 26.5 Å². The van der Waals surface area contributed by atoms with Gasteiger partial charge in [-0.05, 0) is 55.5 Å². The van der Waals surface area contributed by atoms with Crippen LogP contribution >= 0.6 is 0 Å². The van der Waals surface area contributed by atoms with E-state index < -0.39 is 15.9 Å². The molecule has 5 rings (SSSR count). The van der Waals surface area contributed by atoms with Gasteiger partial charge < -0.3 is 13.5 Å². The van der Waals surface area contributed by atoms with E-state index in [0.717, 1.165) is 47.3 Å². The zero-order valence-corrected chi connectivity index (χ0v) is 18.3. The molecule has 1 aromatic heterocycles. The number of aromatic nitrogens is 1. The molecule has 1 aliphatic rings. The van der Waals surface area contributed by atoms with Crippen LogP contribution in [0.2, 0.25) is 0 Å². The number of Topliss-reactive ketones (excluding diaryl/α,β-unsaturated/α-hetero) is 1. The van der Waals surface area contributed by atoms with E-state index in [-0.39, 0.29) is 27.9 Å². The lowest BCUT2D eigenvalue weighted by Crippen LogP contribution is -2.09. The topological polar surface area (TPSA) is 74.6 Å². The molecular weight excluding hydrogens is 445 g/mol. The highest BCUT2D eigenvalue weighted by molar-refractivity contribution is 7.87. The van der Waals surface area contributed by atoms with Crippen molar-refractivity contribution in [2.75, 3.05) is 0 Å². The second-order valence-corrected chi connectivity index (χ2v) is 9.02. The summed E-state index contributed by atoms with van der Waals surface area (Å²) in [7, 11) is -4.17. The van der Waals surface area contributed by atoms with Gasteiger partial charge in [-0.3, -0.25) is 4.79 Å². The first-order chi connectivity index (χ1) is 15.9. The molecule has 0 bridgehead atoms. The minimum Gasteiger partial charge on any atom is -0.452 e. The van der Waals surface area contributed by atoms with Crippen molar-refractivity contribution in [1.82, 2.24) is 4.57 Å². The summed E-state index contributed by atoms with van der Waals surface area (Å²) in [4.78, 5) is 12.7. The summed E-state index contributed by atoms with van der Waals surface area (Å²) < 4.78 is 51.0. The maximum atomic E-state index is 13.1. The highest BCUT2D eigenvalue weighted by atomic mass is 32.2. The van der Waals surface area contributed by atoms with Crippen LogP contribution in [-0.2, 0) is 16.7 Å². The predicted octanol–water partition coefficient (Wildman–Crippen LogP) is 5.18. The normalized spacial score (nSPS) is 14.5. The van der Waals surface area contributed by atoms with Gasteiger partial charge in [-0.1, -0.05) is 18.2 Å². The SMILES string of the molecule is CCn1cc(/C=C2/Oc3cc(OS(=O)(=O)c4ccc(F)cc4)ccc3C2=O)c2ccccc21. The molecule has 166 valence electrons. The monoisotopic (exact) mass is 463 g/mol. The summed E-state index contributed by atoms with van der Waals surface area (Å²) in [6.45, 7) is 2.82. The summed E-state index contributed by atoms with van der Waals surface area (Å²) in [5, 5.41) is 0.994. The van der Waals surface area contributed by atoms with E-state index in [4.69, 9.17) is 8.92 Å². The Morgan fingerprint density at radius 1 is 1.06 bits per heavy atom. The fourth-order valence-electron chi connectivity index (χ4n) is 3.79. The molecule has 33 heavy (non-hydrogen) atoms. The van der Waals surface area contributed by atoms with E-state index in [1.54, 1.807) is 6.08 Å². The molecule has 6 nitrogen and oxygen atoms in total. The molecule has 8 heteroatoms. The molecule has 2 heterocycles. The van der Waals surface area contributed by atoms with E-state index in [1.165, 1.54) is 18.2 Å². The summed E-state index contributed by atoms with van der Waals surface area (Å²) >= 11 is 0. The van der Waals surface area contributed by atoms with Crippen molar-refractivity contribution in [3.8, 4) is 11.5 Å². The van der Waals surface area contributed by atoms with Crippen LogP contribution in [0.4, 0.5) is 4.39 Å². The van der Waals surface area contributed by atoms with Crippen LogP contribution in [0, 0.1) is 5.82 Å². The molecule has 0 unspecified atom stereocenters.